The molecule has 1 saturated carbocycles. The lowest BCUT2D eigenvalue weighted by molar-refractivity contribution is -0.149. The van der Waals surface area contributed by atoms with Gasteiger partial charge < -0.3 is 14.4 Å². The van der Waals surface area contributed by atoms with Gasteiger partial charge in [0.15, 0.2) is 0 Å². The van der Waals surface area contributed by atoms with Gasteiger partial charge in [0.25, 0.3) is 0 Å². The number of urea groups is 1. The molecule has 0 N–H and O–H groups in total. The summed E-state index contributed by atoms with van der Waals surface area (Å²) < 4.78 is 10.9. The van der Waals surface area contributed by atoms with Crippen LogP contribution in [0.1, 0.15) is 12.8 Å². The molecule has 20 heavy (non-hydrogen) atoms. The van der Waals surface area contributed by atoms with E-state index >= 15 is 0 Å². The van der Waals surface area contributed by atoms with Crippen LogP contribution in [-0.2, 0) is 14.3 Å². The number of thiol groups is 1. The molecule has 1 aliphatic carbocycles. The quantitative estimate of drug-likeness (QED) is 0.774. The van der Waals surface area contributed by atoms with Crippen molar-refractivity contribution in [2.24, 2.45) is 5.92 Å². The Kier molecular flexibility index (Phi) is 4.93. The Morgan fingerprint density at radius 3 is 2.35 bits per heavy atom. The molecule has 0 aromatic heterocycles. The highest BCUT2D eigenvalue weighted by Gasteiger charge is 2.50. The molecule has 4 atom stereocenters. The van der Waals surface area contributed by atoms with E-state index in [4.69, 9.17) is 9.47 Å². The van der Waals surface area contributed by atoms with E-state index in [0.717, 1.165) is 0 Å². The van der Waals surface area contributed by atoms with Crippen LogP contribution in [0.15, 0.2) is 0 Å². The summed E-state index contributed by atoms with van der Waals surface area (Å²) >= 11 is 4.21. The van der Waals surface area contributed by atoms with E-state index in [1.165, 1.54) is 11.9 Å². The van der Waals surface area contributed by atoms with Crippen LogP contribution < -0.4 is 0 Å². The highest BCUT2D eigenvalue weighted by molar-refractivity contribution is 7.80. The smallest absolute Gasteiger partial charge is 0.326 e. The standard InChI is InChI=1S/C13H22N2O4S/c1-14-12(16)8-6-10(18-2)11(19-3)7-9(8)15(4-5-20)13(14)17/h8-11,20H,4-7H2,1-3H3. The number of fused-ring (bicyclic) bond motifs is 1. The lowest BCUT2D eigenvalue weighted by Gasteiger charge is -2.49. The zero-order valence-electron chi connectivity index (χ0n) is 12.1. The van der Waals surface area contributed by atoms with Gasteiger partial charge in [-0.2, -0.15) is 12.6 Å². The molecule has 0 bridgehead atoms. The van der Waals surface area contributed by atoms with Crippen LogP contribution >= 0.6 is 12.6 Å². The van der Waals surface area contributed by atoms with Crippen LogP contribution in [0.3, 0.4) is 0 Å². The predicted octanol–water partition coefficient (Wildman–Crippen LogP) is 0.619. The monoisotopic (exact) mass is 302 g/mol. The summed E-state index contributed by atoms with van der Waals surface area (Å²) in [6.45, 7) is 0.537. The van der Waals surface area contributed by atoms with Crippen molar-refractivity contribution in [2.75, 3.05) is 33.6 Å². The SMILES string of the molecule is COC1CC2C(=O)N(C)C(=O)N(CCS)C2CC1OC. The zero-order valence-corrected chi connectivity index (χ0v) is 13.0. The summed E-state index contributed by atoms with van der Waals surface area (Å²) in [4.78, 5) is 27.6. The molecule has 7 heteroatoms. The van der Waals surface area contributed by atoms with Crippen molar-refractivity contribution in [1.82, 2.24) is 9.80 Å². The van der Waals surface area contributed by atoms with Crippen molar-refractivity contribution in [3.05, 3.63) is 0 Å². The van der Waals surface area contributed by atoms with Gasteiger partial charge in [0.2, 0.25) is 5.91 Å². The molecular weight excluding hydrogens is 280 g/mol. The Bertz CT molecular complexity index is 393. The second-order valence-corrected chi connectivity index (χ2v) is 5.74. The van der Waals surface area contributed by atoms with Gasteiger partial charge in [0, 0.05) is 39.6 Å². The third-order valence-corrected chi connectivity index (χ3v) is 4.57. The third-order valence-electron chi connectivity index (χ3n) is 4.37. The number of ether oxygens (including phenoxy) is 2. The molecule has 2 rings (SSSR count). The lowest BCUT2D eigenvalue weighted by atomic mass is 9.78. The molecule has 3 amide bonds. The lowest BCUT2D eigenvalue weighted by Crippen LogP contribution is -2.64. The minimum absolute atomic E-state index is 0.0901. The van der Waals surface area contributed by atoms with Crippen LogP contribution in [0, 0.1) is 5.92 Å². The maximum absolute atomic E-state index is 12.3. The van der Waals surface area contributed by atoms with Gasteiger partial charge in [0.05, 0.1) is 18.1 Å². The van der Waals surface area contributed by atoms with Crippen LogP contribution in [0.4, 0.5) is 4.79 Å². The highest BCUT2D eigenvalue weighted by atomic mass is 32.1. The zero-order chi connectivity index (χ0) is 14.9. The Morgan fingerprint density at radius 2 is 1.80 bits per heavy atom. The number of hydrogen-bond donors (Lipinski definition) is 1. The number of hydrogen-bond acceptors (Lipinski definition) is 5. The van der Waals surface area contributed by atoms with Crippen molar-refractivity contribution in [3.8, 4) is 0 Å². The largest absolute Gasteiger partial charge is 0.379 e. The number of carbonyl (C=O) groups excluding carboxylic acids is 2. The van der Waals surface area contributed by atoms with Crippen molar-refractivity contribution < 1.29 is 19.1 Å². The predicted molar refractivity (Wildman–Crippen MR) is 76.8 cm³/mol. The second kappa shape index (κ2) is 6.32. The number of methoxy groups -OCH3 is 2. The average Bonchev–Trinajstić information content (AvgIpc) is 2.48. The topological polar surface area (TPSA) is 59.1 Å². The van der Waals surface area contributed by atoms with Crippen molar-refractivity contribution >= 4 is 24.6 Å². The molecule has 0 aromatic carbocycles. The first-order valence-electron chi connectivity index (χ1n) is 6.79. The van der Waals surface area contributed by atoms with Crippen LogP contribution in [0.2, 0.25) is 0 Å². The van der Waals surface area contributed by atoms with E-state index in [0.29, 0.717) is 25.1 Å². The molecule has 4 unspecified atom stereocenters. The highest BCUT2D eigenvalue weighted by Crippen LogP contribution is 2.36. The fourth-order valence-corrected chi connectivity index (χ4v) is 3.48. The number of rotatable bonds is 4. The molecule has 0 aromatic rings. The van der Waals surface area contributed by atoms with Crippen molar-refractivity contribution in [3.63, 3.8) is 0 Å². The third kappa shape index (κ3) is 2.54. The summed E-state index contributed by atoms with van der Waals surface area (Å²) in [7, 11) is 4.81. The van der Waals surface area contributed by atoms with E-state index < -0.39 is 0 Å². The first-order valence-corrected chi connectivity index (χ1v) is 7.43. The number of nitrogens with zero attached hydrogens (tertiary/aromatic N) is 2. The van der Waals surface area contributed by atoms with E-state index in [9.17, 15) is 9.59 Å². The molecule has 1 heterocycles. The summed E-state index contributed by atoms with van der Waals surface area (Å²) in [5.74, 6) is 0.239. The summed E-state index contributed by atoms with van der Waals surface area (Å²) in [5.41, 5.74) is 0. The van der Waals surface area contributed by atoms with Gasteiger partial charge in [-0.15, -0.1) is 0 Å². The first kappa shape index (κ1) is 15.6. The fraction of sp³-hybridized carbons (Fsp3) is 0.846. The summed E-state index contributed by atoms with van der Waals surface area (Å²) in [6.07, 6.45) is 1.01. The molecule has 6 nitrogen and oxygen atoms in total. The van der Waals surface area contributed by atoms with Gasteiger partial charge in [-0.05, 0) is 12.8 Å². The average molecular weight is 302 g/mol. The number of amides is 3. The van der Waals surface area contributed by atoms with E-state index in [1.807, 2.05) is 0 Å². The Balaban J connectivity index is 2.26. The Labute approximate surface area is 124 Å². The van der Waals surface area contributed by atoms with E-state index in [2.05, 4.69) is 12.6 Å². The molecule has 2 aliphatic rings. The van der Waals surface area contributed by atoms with Gasteiger partial charge in [0.1, 0.15) is 0 Å². The van der Waals surface area contributed by atoms with Crippen LogP contribution in [-0.4, -0.2) is 73.6 Å². The Hall–Kier alpha value is -0.790. The van der Waals surface area contributed by atoms with Crippen molar-refractivity contribution in [1.29, 1.82) is 0 Å². The molecule has 0 radical (unpaired) electrons. The van der Waals surface area contributed by atoms with Crippen LogP contribution in [0.25, 0.3) is 0 Å². The number of imide groups is 1. The summed E-state index contributed by atoms with van der Waals surface area (Å²) in [6, 6.07) is -0.356. The fourth-order valence-electron chi connectivity index (χ4n) is 3.27. The minimum atomic E-state index is -0.240. The first-order chi connectivity index (χ1) is 9.54. The molecule has 2 fully saturated rings. The number of carbonyl (C=O) groups is 2. The maximum atomic E-state index is 12.3. The van der Waals surface area contributed by atoms with Gasteiger partial charge in [-0.1, -0.05) is 0 Å². The van der Waals surface area contributed by atoms with Crippen LogP contribution in [0.5, 0.6) is 0 Å². The normalized spacial score (nSPS) is 34.4. The molecular formula is C13H22N2O4S. The summed E-state index contributed by atoms with van der Waals surface area (Å²) in [5, 5.41) is 0. The minimum Gasteiger partial charge on any atom is -0.379 e. The second-order valence-electron chi connectivity index (χ2n) is 5.29. The molecule has 0 spiro atoms. The van der Waals surface area contributed by atoms with Gasteiger partial charge >= 0.3 is 6.03 Å². The van der Waals surface area contributed by atoms with E-state index in [1.54, 1.807) is 19.1 Å². The van der Waals surface area contributed by atoms with Gasteiger partial charge in [-0.3, -0.25) is 9.69 Å². The van der Waals surface area contributed by atoms with E-state index in [-0.39, 0.29) is 36.1 Å². The van der Waals surface area contributed by atoms with Crippen molar-refractivity contribution in [2.45, 2.75) is 31.1 Å². The Morgan fingerprint density at radius 1 is 1.20 bits per heavy atom. The maximum Gasteiger partial charge on any atom is 0.326 e. The molecule has 1 saturated heterocycles. The molecule has 1 aliphatic heterocycles. The van der Waals surface area contributed by atoms with Gasteiger partial charge in [-0.25, -0.2) is 4.79 Å². The molecule has 114 valence electrons.